The van der Waals surface area contributed by atoms with Gasteiger partial charge in [0.1, 0.15) is 5.75 Å². The summed E-state index contributed by atoms with van der Waals surface area (Å²) in [6.45, 7) is 0. The maximum Gasteiger partial charge on any atom is 0.119 e. The second-order valence-corrected chi connectivity index (χ2v) is 8.45. The molecule has 31 heavy (non-hydrogen) atoms. The molecule has 0 saturated carbocycles. The van der Waals surface area contributed by atoms with E-state index < -0.39 is 0 Å². The van der Waals surface area contributed by atoms with Crippen LogP contribution in [-0.4, -0.2) is 13.2 Å². The first-order valence-electron chi connectivity index (χ1n) is 11.2. The monoisotopic (exact) mass is 411 g/mol. The van der Waals surface area contributed by atoms with Gasteiger partial charge in [-0.05, 0) is 66.1 Å². The lowest BCUT2D eigenvalue weighted by Gasteiger charge is -2.27. The highest BCUT2D eigenvalue weighted by Crippen LogP contribution is 2.43. The third kappa shape index (κ3) is 4.24. The van der Waals surface area contributed by atoms with E-state index in [9.17, 15) is 0 Å². The number of benzene rings is 3. The Morgan fingerprint density at radius 2 is 1.58 bits per heavy atom. The Morgan fingerprint density at radius 1 is 0.839 bits per heavy atom. The van der Waals surface area contributed by atoms with Crippen molar-refractivity contribution in [1.82, 2.24) is 0 Å². The number of anilines is 1. The average molecular weight is 412 g/mol. The number of rotatable bonds is 5. The summed E-state index contributed by atoms with van der Waals surface area (Å²) >= 11 is 0. The van der Waals surface area contributed by atoms with Crippen LogP contribution in [0.25, 0.3) is 11.1 Å². The van der Waals surface area contributed by atoms with E-state index in [0.29, 0.717) is 5.92 Å². The SMILES string of the molecule is COc1ccc(N2OC(C3CC=CCC3)CC2c2ccc(-c3ccccc3)cc2)cc1. The van der Waals surface area contributed by atoms with Crippen LogP contribution in [0, 0.1) is 5.92 Å². The summed E-state index contributed by atoms with van der Waals surface area (Å²) in [5.74, 6) is 1.44. The predicted molar refractivity (Wildman–Crippen MR) is 126 cm³/mol. The van der Waals surface area contributed by atoms with Crippen LogP contribution in [0.5, 0.6) is 5.75 Å². The molecule has 158 valence electrons. The van der Waals surface area contributed by atoms with Crippen molar-refractivity contribution in [2.75, 3.05) is 12.2 Å². The first-order valence-corrected chi connectivity index (χ1v) is 11.2. The molecule has 2 aliphatic rings. The van der Waals surface area contributed by atoms with E-state index in [1.807, 2.05) is 12.1 Å². The highest BCUT2D eigenvalue weighted by atomic mass is 16.7. The molecule has 3 atom stereocenters. The Labute approximate surface area is 184 Å². The number of methoxy groups -OCH3 is 1. The van der Waals surface area contributed by atoms with Crippen molar-refractivity contribution in [3.05, 3.63) is 96.6 Å². The fourth-order valence-electron chi connectivity index (χ4n) is 4.78. The zero-order chi connectivity index (χ0) is 21.0. The Balaban J connectivity index is 1.43. The van der Waals surface area contributed by atoms with Crippen LogP contribution in [0.2, 0.25) is 0 Å². The second kappa shape index (κ2) is 8.99. The molecule has 1 saturated heterocycles. The minimum atomic E-state index is 0.203. The lowest BCUT2D eigenvalue weighted by atomic mass is 9.86. The van der Waals surface area contributed by atoms with Crippen molar-refractivity contribution < 1.29 is 9.57 Å². The second-order valence-electron chi connectivity index (χ2n) is 8.45. The molecule has 3 heteroatoms. The molecule has 3 unspecified atom stereocenters. The van der Waals surface area contributed by atoms with E-state index in [-0.39, 0.29) is 12.1 Å². The van der Waals surface area contributed by atoms with Crippen molar-refractivity contribution in [1.29, 1.82) is 0 Å². The van der Waals surface area contributed by atoms with Crippen molar-refractivity contribution in [3.63, 3.8) is 0 Å². The van der Waals surface area contributed by atoms with Gasteiger partial charge in [0.2, 0.25) is 0 Å². The Morgan fingerprint density at radius 3 is 2.26 bits per heavy atom. The minimum absolute atomic E-state index is 0.203. The van der Waals surface area contributed by atoms with Crippen molar-refractivity contribution in [2.24, 2.45) is 5.92 Å². The summed E-state index contributed by atoms with van der Waals surface area (Å²) in [6.07, 6.45) is 9.34. The molecule has 0 amide bonds. The third-order valence-corrected chi connectivity index (χ3v) is 6.55. The Bertz CT molecular complexity index is 1010. The highest BCUT2D eigenvalue weighted by molar-refractivity contribution is 5.63. The van der Waals surface area contributed by atoms with E-state index in [4.69, 9.17) is 9.57 Å². The summed E-state index contributed by atoms with van der Waals surface area (Å²) in [4.78, 5) is 6.60. The van der Waals surface area contributed by atoms with Gasteiger partial charge in [0.05, 0.1) is 24.9 Å². The number of ether oxygens (including phenoxy) is 1. The molecule has 0 N–H and O–H groups in total. The van der Waals surface area contributed by atoms with Crippen molar-refractivity contribution >= 4 is 5.69 Å². The van der Waals surface area contributed by atoms with Crippen LogP contribution in [0.3, 0.4) is 0 Å². The van der Waals surface area contributed by atoms with Crippen molar-refractivity contribution in [3.8, 4) is 16.9 Å². The van der Waals surface area contributed by atoms with Gasteiger partial charge in [0, 0.05) is 6.42 Å². The standard InChI is InChI=1S/C28H29NO2/c1-30-26-18-16-25(17-19-26)29-27(20-28(31-29)24-10-6-3-7-11-24)23-14-12-22(13-15-23)21-8-4-2-5-9-21/h2-6,8-9,12-19,24,27-28H,7,10-11,20H2,1H3. The van der Waals surface area contributed by atoms with Gasteiger partial charge in [-0.1, -0.05) is 66.7 Å². The molecule has 3 aromatic carbocycles. The molecule has 0 spiro atoms. The fraction of sp³-hybridized carbons (Fsp3) is 0.286. The van der Waals surface area contributed by atoms with Crippen LogP contribution in [0.1, 0.15) is 37.3 Å². The first kappa shape index (κ1) is 19.9. The summed E-state index contributed by atoms with van der Waals surface area (Å²) in [5.41, 5.74) is 4.86. The summed E-state index contributed by atoms with van der Waals surface area (Å²) in [6, 6.07) is 27.9. The molecule has 0 aromatic heterocycles. The van der Waals surface area contributed by atoms with Gasteiger partial charge in [0.25, 0.3) is 0 Å². The van der Waals surface area contributed by atoms with Crippen LogP contribution in [0.15, 0.2) is 91.0 Å². The summed E-state index contributed by atoms with van der Waals surface area (Å²) < 4.78 is 5.35. The van der Waals surface area contributed by atoms with E-state index in [1.54, 1.807) is 7.11 Å². The average Bonchev–Trinajstić information content (AvgIpc) is 3.31. The van der Waals surface area contributed by atoms with Gasteiger partial charge < -0.3 is 4.74 Å². The number of hydroxylamine groups is 1. The number of nitrogens with zero attached hydrogens (tertiary/aromatic N) is 1. The Kier molecular flexibility index (Phi) is 5.77. The van der Waals surface area contributed by atoms with E-state index in [2.05, 4.69) is 83.9 Å². The number of hydrogen-bond donors (Lipinski definition) is 0. The zero-order valence-corrected chi connectivity index (χ0v) is 18.0. The largest absolute Gasteiger partial charge is 0.497 e. The smallest absolute Gasteiger partial charge is 0.119 e. The molecular formula is C28H29NO2. The maximum atomic E-state index is 6.60. The molecular weight excluding hydrogens is 382 g/mol. The quantitative estimate of drug-likeness (QED) is 0.423. The van der Waals surface area contributed by atoms with Gasteiger partial charge >= 0.3 is 0 Å². The fourth-order valence-corrected chi connectivity index (χ4v) is 4.78. The van der Waals surface area contributed by atoms with Gasteiger partial charge in [-0.3, -0.25) is 4.84 Å². The van der Waals surface area contributed by atoms with E-state index in [0.717, 1.165) is 30.7 Å². The number of hydrogen-bond acceptors (Lipinski definition) is 3. The summed E-state index contributed by atoms with van der Waals surface area (Å²) in [7, 11) is 1.70. The molecule has 1 fully saturated rings. The van der Waals surface area contributed by atoms with Crippen LogP contribution in [0.4, 0.5) is 5.69 Å². The topological polar surface area (TPSA) is 21.7 Å². The maximum absolute atomic E-state index is 6.60. The van der Waals surface area contributed by atoms with E-state index in [1.165, 1.54) is 23.1 Å². The van der Waals surface area contributed by atoms with Crippen LogP contribution in [-0.2, 0) is 4.84 Å². The van der Waals surface area contributed by atoms with Crippen molar-refractivity contribution in [2.45, 2.75) is 37.8 Å². The minimum Gasteiger partial charge on any atom is -0.497 e. The number of allylic oxidation sites excluding steroid dienone is 2. The molecule has 0 radical (unpaired) electrons. The zero-order valence-electron chi connectivity index (χ0n) is 18.0. The third-order valence-electron chi connectivity index (χ3n) is 6.55. The van der Waals surface area contributed by atoms with E-state index >= 15 is 0 Å². The predicted octanol–water partition coefficient (Wildman–Crippen LogP) is 6.97. The van der Waals surface area contributed by atoms with Gasteiger partial charge in [-0.2, -0.15) is 0 Å². The molecule has 1 aliphatic heterocycles. The van der Waals surface area contributed by atoms with Gasteiger partial charge in [-0.15, -0.1) is 0 Å². The lowest BCUT2D eigenvalue weighted by molar-refractivity contribution is 0.0390. The Hall–Kier alpha value is -3.04. The molecule has 3 aromatic rings. The normalized spacial score (nSPS) is 23.1. The van der Waals surface area contributed by atoms with Crippen LogP contribution >= 0.6 is 0 Å². The van der Waals surface area contributed by atoms with Crippen LogP contribution < -0.4 is 9.80 Å². The van der Waals surface area contributed by atoms with Gasteiger partial charge in [-0.25, -0.2) is 5.06 Å². The molecule has 1 aliphatic carbocycles. The molecule has 3 nitrogen and oxygen atoms in total. The molecule has 1 heterocycles. The highest BCUT2D eigenvalue weighted by Gasteiger charge is 2.38. The van der Waals surface area contributed by atoms with Gasteiger partial charge in [0.15, 0.2) is 0 Å². The molecule has 5 rings (SSSR count). The summed E-state index contributed by atoms with van der Waals surface area (Å²) in [5, 5.41) is 2.12. The molecule has 0 bridgehead atoms. The lowest BCUT2D eigenvalue weighted by Crippen LogP contribution is -2.25. The first-order chi connectivity index (χ1) is 15.3.